The Morgan fingerprint density at radius 3 is 2.79 bits per heavy atom. The summed E-state index contributed by atoms with van der Waals surface area (Å²) in [6, 6.07) is 10.9. The van der Waals surface area contributed by atoms with Crippen LogP contribution in [0.15, 0.2) is 36.5 Å². The van der Waals surface area contributed by atoms with Gasteiger partial charge in [-0.05, 0) is 69.7 Å². The normalized spacial score (nSPS) is 28.0. The number of piperidine rings is 1. The first kappa shape index (κ1) is 21.9. The molecule has 4 fully saturated rings. The number of rotatable bonds is 4. The molecule has 34 heavy (non-hydrogen) atoms. The van der Waals surface area contributed by atoms with Crippen LogP contribution >= 0.6 is 0 Å². The zero-order valence-electron chi connectivity index (χ0n) is 19.9. The molecule has 1 amide bonds. The van der Waals surface area contributed by atoms with E-state index in [1.54, 1.807) is 6.20 Å². The summed E-state index contributed by atoms with van der Waals surface area (Å²) in [6.07, 6.45) is 8.40. The zero-order chi connectivity index (χ0) is 23.1. The predicted molar refractivity (Wildman–Crippen MR) is 133 cm³/mol. The molecule has 1 aromatic carbocycles. The number of benzene rings is 1. The van der Waals surface area contributed by atoms with Gasteiger partial charge in [-0.3, -0.25) is 4.79 Å². The average molecular weight is 463 g/mol. The fraction of sp³-hybridized carbons (Fsp3) is 0.556. The van der Waals surface area contributed by atoms with Crippen LogP contribution in [0.1, 0.15) is 51.0 Å². The first-order chi connectivity index (χ1) is 16.7. The van der Waals surface area contributed by atoms with Crippen LogP contribution in [0.4, 0.5) is 22.9 Å². The lowest BCUT2D eigenvalue weighted by Gasteiger charge is -2.46. The minimum absolute atomic E-state index is 0.0332. The highest BCUT2D eigenvalue weighted by molar-refractivity contribution is 6.00. The summed E-state index contributed by atoms with van der Waals surface area (Å²) in [7, 11) is 0. The number of nitrogens with zero attached hydrogens (tertiary/aromatic N) is 3. The van der Waals surface area contributed by atoms with Crippen LogP contribution in [0.2, 0.25) is 0 Å². The number of amides is 1. The Balaban J connectivity index is 1.32. The Bertz CT molecular complexity index is 1040. The molecule has 0 radical (unpaired) electrons. The quantitative estimate of drug-likeness (QED) is 0.714. The van der Waals surface area contributed by atoms with Gasteiger partial charge in [-0.2, -0.15) is 0 Å². The van der Waals surface area contributed by atoms with Gasteiger partial charge >= 0.3 is 0 Å². The summed E-state index contributed by atoms with van der Waals surface area (Å²) in [5, 5.41) is 3.51. The highest BCUT2D eigenvalue weighted by Crippen LogP contribution is 2.41. The predicted octanol–water partition coefficient (Wildman–Crippen LogP) is 4.63. The van der Waals surface area contributed by atoms with Gasteiger partial charge in [0.2, 0.25) is 5.91 Å². The smallest absolute Gasteiger partial charge is 0.230 e. The molecule has 7 nitrogen and oxygen atoms in total. The summed E-state index contributed by atoms with van der Waals surface area (Å²) >= 11 is 0. The van der Waals surface area contributed by atoms with Gasteiger partial charge in [-0.25, -0.2) is 4.98 Å². The van der Waals surface area contributed by atoms with E-state index in [2.05, 4.69) is 39.5 Å². The number of carbonyl (C=O) groups is 1. The highest BCUT2D eigenvalue weighted by Gasteiger charge is 2.36. The molecule has 2 bridgehead atoms. The molecule has 1 N–H and O–H groups in total. The summed E-state index contributed by atoms with van der Waals surface area (Å²) < 4.78 is 11.8. The molecule has 1 aromatic heterocycles. The molecule has 7 heteroatoms. The van der Waals surface area contributed by atoms with E-state index >= 15 is 0 Å². The molecule has 2 unspecified atom stereocenters. The summed E-state index contributed by atoms with van der Waals surface area (Å²) in [5.74, 6) is 1.08. The van der Waals surface area contributed by atoms with E-state index in [1.165, 1.54) is 12.1 Å². The molecule has 3 saturated heterocycles. The molecular formula is C27H34N4O3. The second-order valence-corrected chi connectivity index (χ2v) is 10.0. The van der Waals surface area contributed by atoms with Crippen LogP contribution in [0, 0.1) is 5.92 Å². The van der Waals surface area contributed by atoms with E-state index in [1.807, 2.05) is 17.9 Å². The van der Waals surface area contributed by atoms with Crippen LogP contribution in [-0.4, -0.2) is 48.9 Å². The maximum atomic E-state index is 14.0. The Labute approximate surface area is 201 Å². The van der Waals surface area contributed by atoms with Crippen LogP contribution < -0.4 is 15.1 Å². The molecule has 2 aromatic rings. The van der Waals surface area contributed by atoms with Gasteiger partial charge in [-0.1, -0.05) is 6.07 Å². The second kappa shape index (κ2) is 9.19. The van der Waals surface area contributed by atoms with Crippen molar-refractivity contribution in [3.8, 4) is 0 Å². The number of pyridine rings is 1. The molecular weight excluding hydrogens is 428 g/mol. The Morgan fingerprint density at radius 2 is 2.06 bits per heavy atom. The molecule has 1 saturated carbocycles. The standard InChI is InChI=1S/C27H34N4O3/c1-2-33-22-9-5-18(6-10-22)27(32)31-15-19-4-3-13-28-26(19)29-24-12-8-20(14-25(24)31)30-16-23-11-7-21(30)17-34-23/h3-4,8,12-14,18,21-23H,2,5-7,9-11,15-17H2,1H3,(H,28,29). The number of hydrogen-bond acceptors (Lipinski definition) is 6. The van der Waals surface area contributed by atoms with Crippen LogP contribution in [0.25, 0.3) is 0 Å². The number of nitrogens with one attached hydrogen (secondary N) is 1. The van der Waals surface area contributed by atoms with Gasteiger partial charge < -0.3 is 24.6 Å². The monoisotopic (exact) mass is 462 g/mol. The molecule has 2 atom stereocenters. The lowest BCUT2D eigenvalue weighted by atomic mass is 9.86. The molecule has 180 valence electrons. The number of carbonyl (C=O) groups excluding carboxylic acids is 1. The van der Waals surface area contributed by atoms with Crippen molar-refractivity contribution in [3.05, 3.63) is 42.1 Å². The van der Waals surface area contributed by atoms with Crippen molar-refractivity contribution in [2.45, 2.75) is 70.2 Å². The first-order valence-corrected chi connectivity index (χ1v) is 12.9. The number of hydrogen-bond donors (Lipinski definition) is 1. The van der Waals surface area contributed by atoms with E-state index in [9.17, 15) is 4.79 Å². The Morgan fingerprint density at radius 1 is 1.18 bits per heavy atom. The van der Waals surface area contributed by atoms with Crippen LogP contribution in [-0.2, 0) is 20.8 Å². The molecule has 5 heterocycles. The zero-order valence-corrected chi connectivity index (χ0v) is 19.9. The van der Waals surface area contributed by atoms with Gasteiger partial charge in [0.15, 0.2) is 0 Å². The highest BCUT2D eigenvalue weighted by atomic mass is 16.5. The van der Waals surface area contributed by atoms with E-state index < -0.39 is 0 Å². The molecule has 5 aliphatic rings. The molecule has 0 spiro atoms. The third-order valence-corrected chi connectivity index (χ3v) is 7.96. The number of fused-ring (bicyclic) bond motifs is 5. The van der Waals surface area contributed by atoms with E-state index in [0.29, 0.717) is 24.8 Å². The minimum atomic E-state index is 0.0332. The SMILES string of the molecule is CCOC1CCC(C(=O)N2Cc3cccnc3Nc3ccc(N4CC5CCC4CO5)cc32)CC1. The summed E-state index contributed by atoms with van der Waals surface area (Å²) in [5.41, 5.74) is 4.11. The van der Waals surface area contributed by atoms with Gasteiger partial charge in [0, 0.05) is 36.5 Å². The van der Waals surface area contributed by atoms with Crippen molar-refractivity contribution >= 4 is 28.8 Å². The molecule has 1 aliphatic carbocycles. The topological polar surface area (TPSA) is 66.9 Å². The van der Waals surface area contributed by atoms with Crippen molar-refractivity contribution in [1.82, 2.24) is 4.98 Å². The minimum Gasteiger partial charge on any atom is -0.379 e. The molecule has 7 rings (SSSR count). The van der Waals surface area contributed by atoms with Gasteiger partial charge in [0.05, 0.1) is 42.8 Å². The lowest BCUT2D eigenvalue weighted by molar-refractivity contribution is -0.124. The Hall–Kier alpha value is -2.64. The second-order valence-electron chi connectivity index (χ2n) is 10.0. The Kier molecular flexibility index (Phi) is 5.91. The maximum absolute atomic E-state index is 14.0. The van der Waals surface area contributed by atoms with E-state index in [0.717, 1.165) is 74.6 Å². The van der Waals surface area contributed by atoms with Crippen LogP contribution in [0.5, 0.6) is 0 Å². The van der Waals surface area contributed by atoms with Crippen molar-refractivity contribution < 1.29 is 14.3 Å². The summed E-state index contributed by atoms with van der Waals surface area (Å²) in [6.45, 7) is 5.04. The first-order valence-electron chi connectivity index (χ1n) is 12.9. The van der Waals surface area contributed by atoms with Crippen LogP contribution in [0.3, 0.4) is 0 Å². The largest absolute Gasteiger partial charge is 0.379 e. The fourth-order valence-electron chi connectivity index (χ4n) is 6.09. The number of aromatic nitrogens is 1. The van der Waals surface area contributed by atoms with E-state index in [-0.39, 0.29) is 11.8 Å². The van der Waals surface area contributed by atoms with Crippen molar-refractivity contribution in [2.24, 2.45) is 5.92 Å². The molecule has 4 aliphatic heterocycles. The number of anilines is 4. The third-order valence-electron chi connectivity index (χ3n) is 7.96. The van der Waals surface area contributed by atoms with Crippen molar-refractivity contribution in [3.63, 3.8) is 0 Å². The van der Waals surface area contributed by atoms with Gasteiger partial charge in [0.1, 0.15) is 5.82 Å². The van der Waals surface area contributed by atoms with Crippen molar-refractivity contribution in [1.29, 1.82) is 0 Å². The third kappa shape index (κ3) is 4.05. The van der Waals surface area contributed by atoms with Gasteiger partial charge in [-0.15, -0.1) is 0 Å². The fourth-order valence-corrected chi connectivity index (χ4v) is 6.09. The average Bonchev–Trinajstić information content (AvgIpc) is 3.06. The van der Waals surface area contributed by atoms with E-state index in [4.69, 9.17) is 9.47 Å². The number of morpholine rings is 1. The lowest BCUT2D eigenvalue weighted by Crippen LogP contribution is -2.54. The van der Waals surface area contributed by atoms with Crippen molar-refractivity contribution in [2.75, 3.05) is 34.9 Å². The van der Waals surface area contributed by atoms with Gasteiger partial charge in [0.25, 0.3) is 0 Å². The summed E-state index contributed by atoms with van der Waals surface area (Å²) in [4.78, 5) is 23.0. The number of ether oxygens (including phenoxy) is 2. The maximum Gasteiger partial charge on any atom is 0.230 e.